The normalized spacial score (nSPS) is 12.6. The van der Waals surface area contributed by atoms with E-state index in [9.17, 15) is 10.1 Å². The molecular formula is C12H15N5O2S. The zero-order valence-corrected chi connectivity index (χ0v) is 12.2. The molecule has 106 valence electrons. The van der Waals surface area contributed by atoms with Crippen molar-refractivity contribution in [2.75, 3.05) is 0 Å². The van der Waals surface area contributed by atoms with Gasteiger partial charge in [-0.2, -0.15) is 0 Å². The number of hydrogen-bond acceptors (Lipinski definition) is 6. The van der Waals surface area contributed by atoms with Crippen molar-refractivity contribution in [1.29, 1.82) is 0 Å². The first-order valence-corrected chi connectivity index (χ1v) is 7.06. The molecule has 0 amide bonds. The zero-order valence-electron chi connectivity index (χ0n) is 11.4. The van der Waals surface area contributed by atoms with Crippen LogP contribution in [0.2, 0.25) is 0 Å². The van der Waals surface area contributed by atoms with Crippen LogP contribution >= 0.6 is 11.8 Å². The Morgan fingerprint density at radius 3 is 2.75 bits per heavy atom. The minimum Gasteiger partial charge on any atom is -0.258 e. The molecule has 1 aromatic heterocycles. The van der Waals surface area contributed by atoms with Crippen molar-refractivity contribution in [3.8, 4) is 0 Å². The third kappa shape index (κ3) is 3.13. The fourth-order valence-electron chi connectivity index (χ4n) is 1.70. The van der Waals surface area contributed by atoms with Crippen LogP contribution in [-0.2, 0) is 0 Å². The molecule has 7 nitrogen and oxygen atoms in total. The number of rotatable bonds is 5. The van der Waals surface area contributed by atoms with Gasteiger partial charge in [0.25, 0.3) is 5.69 Å². The summed E-state index contributed by atoms with van der Waals surface area (Å²) in [7, 11) is 0. The maximum atomic E-state index is 10.8. The summed E-state index contributed by atoms with van der Waals surface area (Å²) in [5.74, 6) is 0. The summed E-state index contributed by atoms with van der Waals surface area (Å²) in [4.78, 5) is 10.4. The van der Waals surface area contributed by atoms with Crippen LogP contribution < -0.4 is 0 Å². The van der Waals surface area contributed by atoms with E-state index in [1.807, 2.05) is 26.8 Å². The molecule has 1 unspecified atom stereocenters. The Morgan fingerprint density at radius 1 is 1.35 bits per heavy atom. The minimum absolute atomic E-state index is 0.0263. The lowest BCUT2D eigenvalue weighted by molar-refractivity contribution is -0.384. The molecule has 0 aliphatic heterocycles. The van der Waals surface area contributed by atoms with E-state index >= 15 is 0 Å². The largest absolute Gasteiger partial charge is 0.269 e. The van der Waals surface area contributed by atoms with Crippen molar-refractivity contribution in [3.05, 3.63) is 39.9 Å². The van der Waals surface area contributed by atoms with Crippen molar-refractivity contribution in [3.63, 3.8) is 0 Å². The van der Waals surface area contributed by atoms with Crippen LogP contribution in [-0.4, -0.2) is 25.1 Å². The molecule has 0 aliphatic rings. The predicted molar refractivity (Wildman–Crippen MR) is 75.6 cm³/mol. The van der Waals surface area contributed by atoms with E-state index in [1.54, 1.807) is 16.8 Å². The number of tetrazole rings is 1. The second-order valence-electron chi connectivity index (χ2n) is 4.61. The van der Waals surface area contributed by atoms with Crippen LogP contribution in [0.4, 0.5) is 5.69 Å². The molecule has 2 aromatic rings. The summed E-state index contributed by atoms with van der Waals surface area (Å²) in [6.07, 6.45) is 0. The molecule has 20 heavy (non-hydrogen) atoms. The molecule has 2 rings (SSSR count). The number of nitro groups is 1. The highest BCUT2D eigenvalue weighted by Crippen LogP contribution is 2.35. The first kappa shape index (κ1) is 14.4. The highest BCUT2D eigenvalue weighted by molar-refractivity contribution is 7.99. The molecule has 0 saturated carbocycles. The van der Waals surface area contributed by atoms with Crippen LogP contribution in [0.1, 0.15) is 37.6 Å². The second kappa shape index (κ2) is 6.00. The van der Waals surface area contributed by atoms with Crippen molar-refractivity contribution in [2.45, 2.75) is 37.2 Å². The number of nitrogens with zero attached hydrogens (tertiary/aromatic N) is 5. The Morgan fingerprint density at radius 2 is 2.10 bits per heavy atom. The van der Waals surface area contributed by atoms with Crippen LogP contribution in [0.5, 0.6) is 0 Å². The van der Waals surface area contributed by atoms with Crippen molar-refractivity contribution in [1.82, 2.24) is 20.2 Å². The van der Waals surface area contributed by atoms with Gasteiger partial charge in [-0.1, -0.05) is 23.9 Å². The molecule has 0 aliphatic carbocycles. The Balaban J connectivity index is 2.19. The molecule has 1 atom stereocenters. The lowest BCUT2D eigenvalue weighted by Gasteiger charge is -2.12. The number of benzene rings is 1. The average Bonchev–Trinajstić information content (AvgIpc) is 2.87. The van der Waals surface area contributed by atoms with Gasteiger partial charge in [0, 0.05) is 17.4 Å². The summed E-state index contributed by atoms with van der Waals surface area (Å²) in [6, 6.07) is 6.80. The average molecular weight is 293 g/mol. The van der Waals surface area contributed by atoms with Crippen molar-refractivity contribution < 1.29 is 4.92 Å². The van der Waals surface area contributed by atoms with E-state index in [2.05, 4.69) is 15.5 Å². The van der Waals surface area contributed by atoms with Gasteiger partial charge >= 0.3 is 0 Å². The highest BCUT2D eigenvalue weighted by atomic mass is 32.2. The third-order valence-electron chi connectivity index (χ3n) is 2.78. The highest BCUT2D eigenvalue weighted by Gasteiger charge is 2.17. The lowest BCUT2D eigenvalue weighted by atomic mass is 10.1. The van der Waals surface area contributed by atoms with Crippen LogP contribution in [0.15, 0.2) is 29.4 Å². The zero-order chi connectivity index (χ0) is 14.7. The molecule has 0 bridgehead atoms. The van der Waals surface area contributed by atoms with Gasteiger partial charge in [0.05, 0.1) is 11.0 Å². The molecule has 1 aromatic carbocycles. The third-order valence-corrected chi connectivity index (χ3v) is 3.89. The second-order valence-corrected chi connectivity index (χ2v) is 5.92. The van der Waals surface area contributed by atoms with Gasteiger partial charge in [-0.05, 0) is 36.8 Å². The van der Waals surface area contributed by atoms with Gasteiger partial charge in [-0.15, -0.1) is 5.10 Å². The van der Waals surface area contributed by atoms with Crippen LogP contribution in [0, 0.1) is 10.1 Å². The van der Waals surface area contributed by atoms with Crippen LogP contribution in [0.25, 0.3) is 0 Å². The Labute approximate surface area is 120 Å². The summed E-state index contributed by atoms with van der Waals surface area (Å²) in [5, 5.41) is 23.1. The van der Waals surface area contributed by atoms with Gasteiger partial charge in [0.15, 0.2) is 0 Å². The van der Waals surface area contributed by atoms with Gasteiger partial charge < -0.3 is 0 Å². The first-order valence-electron chi connectivity index (χ1n) is 6.18. The van der Waals surface area contributed by atoms with E-state index in [-0.39, 0.29) is 21.9 Å². The maximum absolute atomic E-state index is 10.8. The predicted octanol–water partition coefficient (Wildman–Crippen LogP) is 3.02. The van der Waals surface area contributed by atoms with Gasteiger partial charge in [0.2, 0.25) is 5.16 Å². The SMILES string of the molecule is CC(Sc1nnnn1C(C)C)c1cccc([N+](=O)[O-])c1. The molecule has 0 spiro atoms. The Bertz CT molecular complexity index is 613. The van der Waals surface area contributed by atoms with E-state index in [1.165, 1.54) is 17.8 Å². The molecule has 1 heterocycles. The van der Waals surface area contributed by atoms with E-state index in [0.717, 1.165) is 5.56 Å². The number of thioether (sulfide) groups is 1. The molecule has 0 fully saturated rings. The standard InChI is InChI=1S/C12H15N5O2S/c1-8(2)16-12(13-14-15-16)20-9(3)10-5-4-6-11(7-10)17(18)19/h4-9H,1-3H3. The fourth-order valence-corrected chi connectivity index (χ4v) is 2.74. The number of hydrogen-bond donors (Lipinski definition) is 0. The molecular weight excluding hydrogens is 278 g/mol. The number of nitro benzene ring substituents is 1. The molecule has 8 heteroatoms. The van der Waals surface area contributed by atoms with E-state index in [0.29, 0.717) is 5.16 Å². The lowest BCUT2D eigenvalue weighted by Crippen LogP contribution is -2.05. The summed E-state index contributed by atoms with van der Waals surface area (Å²) >= 11 is 1.48. The van der Waals surface area contributed by atoms with Crippen LogP contribution in [0.3, 0.4) is 0 Å². The molecule has 0 saturated heterocycles. The summed E-state index contributed by atoms with van der Waals surface area (Å²) < 4.78 is 1.73. The van der Waals surface area contributed by atoms with Crippen molar-refractivity contribution >= 4 is 17.4 Å². The topological polar surface area (TPSA) is 86.7 Å². The maximum Gasteiger partial charge on any atom is 0.269 e. The minimum atomic E-state index is -0.390. The van der Waals surface area contributed by atoms with Gasteiger partial charge in [0.1, 0.15) is 0 Å². The Kier molecular flexibility index (Phi) is 4.33. The summed E-state index contributed by atoms with van der Waals surface area (Å²) in [6.45, 7) is 5.97. The van der Waals surface area contributed by atoms with Gasteiger partial charge in [-0.25, -0.2) is 4.68 Å². The number of non-ortho nitro benzene ring substituents is 1. The smallest absolute Gasteiger partial charge is 0.258 e. The van der Waals surface area contributed by atoms with E-state index in [4.69, 9.17) is 0 Å². The molecule has 0 radical (unpaired) electrons. The Hall–Kier alpha value is -1.96. The summed E-state index contributed by atoms with van der Waals surface area (Å²) in [5.41, 5.74) is 0.973. The fraction of sp³-hybridized carbons (Fsp3) is 0.417. The number of aromatic nitrogens is 4. The van der Waals surface area contributed by atoms with Crippen molar-refractivity contribution in [2.24, 2.45) is 0 Å². The van der Waals surface area contributed by atoms with Gasteiger partial charge in [-0.3, -0.25) is 10.1 Å². The first-order chi connectivity index (χ1) is 9.49. The monoisotopic (exact) mass is 293 g/mol. The van der Waals surface area contributed by atoms with E-state index < -0.39 is 0 Å². The molecule has 0 N–H and O–H groups in total. The quantitative estimate of drug-likeness (QED) is 0.478.